The minimum absolute atomic E-state index is 0.433. The lowest BCUT2D eigenvalue weighted by Crippen LogP contribution is -2.22. The smallest absolute Gasteiger partial charge is 0.219 e. The quantitative estimate of drug-likeness (QED) is 0.875. The maximum atomic E-state index is 5.73. The molecule has 106 valence electrons. The number of aromatic nitrogens is 1. The van der Waals surface area contributed by atoms with Crippen molar-refractivity contribution in [3.05, 3.63) is 48.2 Å². The van der Waals surface area contributed by atoms with E-state index < -0.39 is 0 Å². The van der Waals surface area contributed by atoms with Gasteiger partial charge in [-0.3, -0.25) is 0 Å². The van der Waals surface area contributed by atoms with Crippen molar-refractivity contribution in [2.24, 2.45) is 0 Å². The molecule has 0 spiro atoms. The van der Waals surface area contributed by atoms with Crippen molar-refractivity contribution in [1.82, 2.24) is 10.3 Å². The minimum Gasteiger partial charge on any atom is -0.497 e. The zero-order valence-corrected chi connectivity index (χ0v) is 12.1. The summed E-state index contributed by atoms with van der Waals surface area (Å²) in [6.07, 6.45) is 0. The molecule has 1 aromatic heterocycles. The van der Waals surface area contributed by atoms with Crippen molar-refractivity contribution in [3.8, 4) is 17.4 Å². The number of rotatable bonds is 6. The van der Waals surface area contributed by atoms with Gasteiger partial charge in [0, 0.05) is 18.7 Å². The van der Waals surface area contributed by atoms with Crippen LogP contribution < -0.4 is 14.8 Å². The van der Waals surface area contributed by atoms with Gasteiger partial charge in [0.15, 0.2) is 0 Å². The molecule has 4 nitrogen and oxygen atoms in total. The van der Waals surface area contributed by atoms with Gasteiger partial charge in [-0.25, -0.2) is 4.98 Å². The largest absolute Gasteiger partial charge is 0.497 e. The van der Waals surface area contributed by atoms with E-state index in [0.29, 0.717) is 11.9 Å². The number of ether oxygens (including phenoxy) is 2. The molecular formula is C16H20N2O2. The molecule has 2 aromatic rings. The third-order valence-corrected chi connectivity index (χ3v) is 2.75. The van der Waals surface area contributed by atoms with Crippen LogP contribution in [0.1, 0.15) is 19.5 Å². The molecule has 0 unspecified atom stereocenters. The van der Waals surface area contributed by atoms with Crippen LogP contribution in [0, 0.1) is 0 Å². The first-order chi connectivity index (χ1) is 9.67. The summed E-state index contributed by atoms with van der Waals surface area (Å²) in [5.74, 6) is 2.14. The van der Waals surface area contributed by atoms with Crippen LogP contribution in [0.3, 0.4) is 0 Å². The fourth-order valence-corrected chi connectivity index (χ4v) is 1.69. The molecule has 2 rings (SSSR count). The van der Waals surface area contributed by atoms with Crippen molar-refractivity contribution >= 4 is 0 Å². The van der Waals surface area contributed by atoms with E-state index in [1.807, 2.05) is 42.5 Å². The topological polar surface area (TPSA) is 43.4 Å². The summed E-state index contributed by atoms with van der Waals surface area (Å²) in [4.78, 5) is 4.47. The van der Waals surface area contributed by atoms with Crippen molar-refractivity contribution in [2.75, 3.05) is 7.11 Å². The fraction of sp³-hybridized carbons (Fsp3) is 0.312. The maximum absolute atomic E-state index is 5.73. The molecule has 0 amide bonds. The lowest BCUT2D eigenvalue weighted by molar-refractivity contribution is 0.412. The average Bonchev–Trinajstić information content (AvgIpc) is 2.46. The fourth-order valence-electron chi connectivity index (χ4n) is 1.69. The van der Waals surface area contributed by atoms with Crippen molar-refractivity contribution in [3.63, 3.8) is 0 Å². The molecule has 1 aromatic carbocycles. The van der Waals surface area contributed by atoms with Gasteiger partial charge >= 0.3 is 0 Å². The molecule has 0 radical (unpaired) electrons. The SMILES string of the molecule is COc1ccc(Oc2cccc(CNC(C)C)n2)cc1. The Morgan fingerprint density at radius 3 is 2.40 bits per heavy atom. The summed E-state index contributed by atoms with van der Waals surface area (Å²) in [5, 5.41) is 3.33. The van der Waals surface area contributed by atoms with Crippen LogP contribution in [0.5, 0.6) is 17.4 Å². The molecule has 0 saturated carbocycles. The Morgan fingerprint density at radius 1 is 1.05 bits per heavy atom. The monoisotopic (exact) mass is 272 g/mol. The Balaban J connectivity index is 2.02. The highest BCUT2D eigenvalue weighted by Gasteiger charge is 2.02. The van der Waals surface area contributed by atoms with Crippen LogP contribution >= 0.6 is 0 Å². The number of hydrogen-bond acceptors (Lipinski definition) is 4. The van der Waals surface area contributed by atoms with Gasteiger partial charge in [-0.1, -0.05) is 19.9 Å². The Kier molecular flexibility index (Phi) is 4.96. The number of methoxy groups -OCH3 is 1. The van der Waals surface area contributed by atoms with E-state index in [-0.39, 0.29) is 0 Å². The number of nitrogens with zero attached hydrogens (tertiary/aromatic N) is 1. The van der Waals surface area contributed by atoms with Crippen molar-refractivity contribution in [1.29, 1.82) is 0 Å². The number of benzene rings is 1. The van der Waals surface area contributed by atoms with Gasteiger partial charge in [-0.05, 0) is 30.3 Å². The second-order valence-electron chi connectivity index (χ2n) is 4.78. The second kappa shape index (κ2) is 6.91. The molecular weight excluding hydrogens is 252 g/mol. The van der Waals surface area contributed by atoms with E-state index >= 15 is 0 Å². The predicted molar refractivity (Wildman–Crippen MR) is 79.3 cm³/mol. The Morgan fingerprint density at radius 2 is 1.75 bits per heavy atom. The standard InChI is InChI=1S/C16H20N2O2/c1-12(2)17-11-13-5-4-6-16(18-13)20-15-9-7-14(19-3)8-10-15/h4-10,12,17H,11H2,1-3H3. The third-order valence-electron chi connectivity index (χ3n) is 2.75. The van der Waals surface area contributed by atoms with Gasteiger partial charge in [0.05, 0.1) is 12.8 Å². The lowest BCUT2D eigenvalue weighted by atomic mass is 10.3. The summed E-state index contributed by atoms with van der Waals surface area (Å²) in [6, 6.07) is 13.7. The molecule has 0 atom stereocenters. The van der Waals surface area contributed by atoms with Gasteiger partial charge in [0.25, 0.3) is 0 Å². The van der Waals surface area contributed by atoms with Crippen LogP contribution in [0.4, 0.5) is 0 Å². The van der Waals surface area contributed by atoms with E-state index in [1.54, 1.807) is 7.11 Å². The zero-order chi connectivity index (χ0) is 14.4. The highest BCUT2D eigenvalue weighted by atomic mass is 16.5. The zero-order valence-electron chi connectivity index (χ0n) is 12.1. The summed E-state index contributed by atoms with van der Waals surface area (Å²) < 4.78 is 10.8. The first kappa shape index (κ1) is 14.3. The van der Waals surface area contributed by atoms with Crippen LogP contribution in [-0.4, -0.2) is 18.1 Å². The molecule has 1 heterocycles. The van der Waals surface area contributed by atoms with E-state index in [0.717, 1.165) is 23.7 Å². The van der Waals surface area contributed by atoms with E-state index in [4.69, 9.17) is 9.47 Å². The summed E-state index contributed by atoms with van der Waals surface area (Å²) >= 11 is 0. The molecule has 20 heavy (non-hydrogen) atoms. The summed E-state index contributed by atoms with van der Waals surface area (Å²) in [7, 11) is 1.64. The van der Waals surface area contributed by atoms with Gasteiger partial charge in [-0.2, -0.15) is 0 Å². The average molecular weight is 272 g/mol. The Labute approximate surface area is 119 Å². The first-order valence-corrected chi connectivity index (χ1v) is 6.68. The lowest BCUT2D eigenvalue weighted by Gasteiger charge is -2.09. The molecule has 0 saturated heterocycles. The molecule has 4 heteroatoms. The minimum atomic E-state index is 0.433. The molecule has 0 aliphatic rings. The molecule has 0 fully saturated rings. The predicted octanol–water partition coefficient (Wildman–Crippen LogP) is 3.38. The van der Waals surface area contributed by atoms with Gasteiger partial charge in [-0.15, -0.1) is 0 Å². The summed E-state index contributed by atoms with van der Waals surface area (Å²) in [5.41, 5.74) is 0.963. The number of pyridine rings is 1. The maximum Gasteiger partial charge on any atom is 0.219 e. The van der Waals surface area contributed by atoms with Crippen LogP contribution in [0.25, 0.3) is 0 Å². The van der Waals surface area contributed by atoms with Crippen LogP contribution in [-0.2, 0) is 6.54 Å². The van der Waals surface area contributed by atoms with Gasteiger partial charge in [0.1, 0.15) is 11.5 Å². The van der Waals surface area contributed by atoms with Gasteiger partial charge < -0.3 is 14.8 Å². The van der Waals surface area contributed by atoms with Crippen molar-refractivity contribution in [2.45, 2.75) is 26.4 Å². The van der Waals surface area contributed by atoms with E-state index in [9.17, 15) is 0 Å². The van der Waals surface area contributed by atoms with Gasteiger partial charge in [0.2, 0.25) is 5.88 Å². The summed E-state index contributed by atoms with van der Waals surface area (Å²) in [6.45, 7) is 4.95. The molecule has 0 bridgehead atoms. The van der Waals surface area contributed by atoms with E-state index in [1.165, 1.54) is 0 Å². The third kappa shape index (κ3) is 4.24. The highest BCUT2D eigenvalue weighted by molar-refractivity contribution is 5.33. The highest BCUT2D eigenvalue weighted by Crippen LogP contribution is 2.22. The normalized spacial score (nSPS) is 10.6. The second-order valence-corrected chi connectivity index (χ2v) is 4.78. The molecule has 0 aliphatic carbocycles. The number of nitrogens with one attached hydrogen (secondary N) is 1. The Bertz CT molecular complexity index is 538. The first-order valence-electron chi connectivity index (χ1n) is 6.68. The number of hydrogen-bond donors (Lipinski definition) is 1. The van der Waals surface area contributed by atoms with Crippen LogP contribution in [0.15, 0.2) is 42.5 Å². The van der Waals surface area contributed by atoms with E-state index in [2.05, 4.69) is 24.1 Å². The molecule has 1 N–H and O–H groups in total. The molecule has 0 aliphatic heterocycles. The Hall–Kier alpha value is -2.07. The van der Waals surface area contributed by atoms with Crippen LogP contribution in [0.2, 0.25) is 0 Å². The van der Waals surface area contributed by atoms with Crippen molar-refractivity contribution < 1.29 is 9.47 Å².